The van der Waals surface area contributed by atoms with Crippen LogP contribution in [0.15, 0.2) is 473 Å². The van der Waals surface area contributed by atoms with Gasteiger partial charge in [-0.1, -0.05) is 399 Å². The summed E-state index contributed by atoms with van der Waals surface area (Å²) in [7, 11) is 0. The Morgan fingerprint density at radius 3 is 0.627 bits per heavy atom. The number of hydrogen-bond donors (Lipinski definition) is 0. The van der Waals surface area contributed by atoms with E-state index >= 15 is 0 Å². The van der Waals surface area contributed by atoms with E-state index in [9.17, 15) is 0 Å². The second kappa shape index (κ2) is 38.3. The lowest BCUT2D eigenvalue weighted by Crippen LogP contribution is -2.23. The number of para-hydroxylation sites is 5. The molecule has 0 bridgehead atoms. The standard InChI is InChI=1S/C48H42N2.C47H48N2.C41H36N2/c1-47(2,35-19-9-5-10-20-35)37-31-38(48(3,4)36-21-11-6-12-22-36)33-42(32-37)50-45-28-18-17-27-43(45)44-34-41(29-30-46(44)50)49(39-23-13-7-14-24-39)40-25-15-8-16-26-40;1-45(2,3)33-18-24-37(25-19-33)48(38-26-20-34(21-27-38)46(4,5)6)40-30-31-44-42(32-40)41-16-12-13-17-43(41)49(44)39-28-22-36(23-29-39)47(7,8)35-14-10-9-11-15-35;1-29-14-20-33(21-15-29)42(34-22-16-30(2)17-23-34)36-26-27-40-38(28-36)37-12-8-9-13-39(37)43(40)35-24-18-32(19-25-35)41(3,4)31-10-6-5-7-11-31/h5-34H,1-4H3;9-32H,1-8H3;5-28H,1-4H3. The van der Waals surface area contributed by atoms with Gasteiger partial charge in [-0.05, 0) is 262 Å². The summed E-state index contributed by atoms with van der Waals surface area (Å²) in [6.07, 6.45) is 0. The maximum Gasteiger partial charge on any atom is 0.0542 e. The maximum absolute atomic E-state index is 2.47. The van der Waals surface area contributed by atoms with Crippen LogP contribution < -0.4 is 14.7 Å². The largest absolute Gasteiger partial charge is 0.310 e. The Balaban J connectivity index is 0.000000131. The number of benzene rings is 19. The van der Waals surface area contributed by atoms with Crippen molar-refractivity contribution in [3.63, 3.8) is 0 Å². The first-order valence-corrected chi connectivity index (χ1v) is 50.1. The van der Waals surface area contributed by atoms with E-state index in [1.165, 1.54) is 149 Å². The third kappa shape index (κ3) is 18.3. The van der Waals surface area contributed by atoms with E-state index in [2.05, 4.69) is 612 Å². The normalized spacial score (nSPS) is 12.1. The van der Waals surface area contributed by atoms with Crippen LogP contribution in [-0.4, -0.2) is 13.7 Å². The summed E-state index contributed by atoms with van der Waals surface area (Å²) in [6, 6.07) is 173. The number of aromatic nitrogens is 3. The minimum absolute atomic E-state index is 0.0784. The van der Waals surface area contributed by atoms with E-state index < -0.39 is 0 Å². The minimum atomic E-state index is -0.212. The van der Waals surface area contributed by atoms with Crippen LogP contribution in [0.5, 0.6) is 0 Å². The van der Waals surface area contributed by atoms with Gasteiger partial charge in [-0.15, -0.1) is 0 Å². The summed E-state index contributed by atoms with van der Waals surface area (Å²) in [5, 5.41) is 7.45. The fourth-order valence-corrected chi connectivity index (χ4v) is 20.8. The van der Waals surface area contributed by atoms with Gasteiger partial charge in [0.2, 0.25) is 0 Å². The van der Waals surface area contributed by atoms with Gasteiger partial charge in [0, 0.05) is 122 Å². The molecule has 19 aromatic carbocycles. The molecule has 0 N–H and O–H groups in total. The topological polar surface area (TPSA) is 24.5 Å². The van der Waals surface area contributed by atoms with Gasteiger partial charge in [0.05, 0.1) is 33.1 Å². The van der Waals surface area contributed by atoms with Crippen LogP contribution in [0.1, 0.15) is 164 Å². The number of rotatable bonds is 20. The summed E-state index contributed by atoms with van der Waals surface area (Å²) >= 11 is 0. The zero-order chi connectivity index (χ0) is 98.4. The third-order valence-electron chi connectivity index (χ3n) is 29.6. The average molecular weight is 1840 g/mol. The highest BCUT2D eigenvalue weighted by atomic mass is 15.2. The average Bonchev–Trinajstić information content (AvgIpc) is 1.62. The van der Waals surface area contributed by atoms with E-state index in [-0.39, 0.29) is 32.5 Å². The molecule has 3 aromatic heterocycles. The van der Waals surface area contributed by atoms with Crippen molar-refractivity contribution < 1.29 is 0 Å². The molecule has 0 unspecified atom stereocenters. The van der Waals surface area contributed by atoms with Crippen LogP contribution in [0, 0.1) is 13.8 Å². The van der Waals surface area contributed by atoms with Crippen molar-refractivity contribution in [2.75, 3.05) is 14.7 Å². The fraction of sp³-hybridized carbons (Fsp3) is 0.162. The summed E-state index contributed by atoms with van der Waals surface area (Å²) < 4.78 is 7.28. The molecule has 22 aromatic rings. The lowest BCUT2D eigenvalue weighted by molar-refractivity contribution is 0.590. The SMILES string of the molecule is CC(C)(C)c1ccc(N(c2ccc(C(C)(C)C)cc2)c2ccc3c(c2)c2ccccc2n3-c2ccc(C(C)(C)c3ccccc3)cc2)cc1.CC(C)(c1ccccc1)c1cc(-n2c3ccccc3c3cc(N(c4ccccc4)c4ccccc4)ccc32)cc(C(C)(C)c2ccccc2)c1.Cc1ccc(N(c2ccc(C)cc2)c2ccc3c(c2)c2ccccc2n3-c2ccc(C(C)(C)c3ccccc3)cc2)cc1. The lowest BCUT2D eigenvalue weighted by atomic mass is 9.73. The Morgan fingerprint density at radius 1 is 0.148 bits per heavy atom. The first-order chi connectivity index (χ1) is 68.5. The Morgan fingerprint density at radius 2 is 0.352 bits per heavy atom. The smallest absolute Gasteiger partial charge is 0.0542 e. The second-order valence-corrected chi connectivity index (χ2v) is 42.4. The van der Waals surface area contributed by atoms with E-state index in [4.69, 9.17) is 0 Å². The van der Waals surface area contributed by atoms with Gasteiger partial charge in [0.25, 0.3) is 0 Å². The molecule has 0 fully saturated rings. The molecule has 0 spiro atoms. The van der Waals surface area contributed by atoms with Gasteiger partial charge in [-0.3, -0.25) is 0 Å². The molecular weight excluding hydrogens is 1720 g/mol. The van der Waals surface area contributed by atoms with Crippen LogP contribution in [0.2, 0.25) is 0 Å². The predicted octanol–water partition coefficient (Wildman–Crippen LogP) is 37.3. The Labute approximate surface area is 839 Å². The molecule has 0 radical (unpaired) electrons. The first kappa shape index (κ1) is 93.6. The molecule has 0 aliphatic rings. The maximum atomic E-state index is 2.47. The number of nitrogens with zero attached hydrogens (tertiary/aromatic N) is 6. The molecule has 700 valence electrons. The molecule has 0 amide bonds. The summed E-state index contributed by atoms with van der Waals surface area (Å²) in [5.74, 6) is 0. The van der Waals surface area contributed by atoms with Gasteiger partial charge < -0.3 is 28.4 Å². The Bertz CT molecular complexity index is 7990. The zero-order valence-electron chi connectivity index (χ0n) is 84.7. The first-order valence-electron chi connectivity index (χ1n) is 50.1. The molecule has 6 nitrogen and oxygen atoms in total. The lowest BCUT2D eigenvalue weighted by Gasteiger charge is -2.32. The van der Waals surface area contributed by atoms with Crippen molar-refractivity contribution in [3.05, 3.63) is 540 Å². The second-order valence-electron chi connectivity index (χ2n) is 42.4. The summed E-state index contributed by atoms with van der Waals surface area (Å²) in [6.45, 7) is 36.5. The Hall–Kier alpha value is -16.0. The molecule has 3 heterocycles. The molecule has 22 rings (SSSR count). The van der Waals surface area contributed by atoms with Gasteiger partial charge >= 0.3 is 0 Å². The van der Waals surface area contributed by atoms with E-state index in [1.807, 2.05) is 0 Å². The van der Waals surface area contributed by atoms with Gasteiger partial charge in [0.1, 0.15) is 0 Å². The van der Waals surface area contributed by atoms with E-state index in [0.717, 1.165) is 51.2 Å². The molecule has 0 saturated heterocycles. The van der Waals surface area contributed by atoms with Crippen LogP contribution in [0.4, 0.5) is 51.2 Å². The highest BCUT2D eigenvalue weighted by Crippen LogP contribution is 2.49. The van der Waals surface area contributed by atoms with Crippen molar-refractivity contribution in [2.45, 2.75) is 143 Å². The van der Waals surface area contributed by atoms with Crippen LogP contribution in [0.25, 0.3) is 82.5 Å². The highest BCUT2D eigenvalue weighted by molar-refractivity contribution is 6.13. The van der Waals surface area contributed by atoms with E-state index in [0.29, 0.717) is 0 Å². The fourth-order valence-electron chi connectivity index (χ4n) is 20.8. The number of anilines is 9. The zero-order valence-corrected chi connectivity index (χ0v) is 84.7. The van der Waals surface area contributed by atoms with Crippen LogP contribution in [0.3, 0.4) is 0 Å². The van der Waals surface area contributed by atoms with Gasteiger partial charge in [-0.2, -0.15) is 0 Å². The molecule has 0 atom stereocenters. The van der Waals surface area contributed by atoms with Crippen molar-refractivity contribution >= 4 is 117 Å². The number of fused-ring (bicyclic) bond motifs is 9. The molecule has 0 aliphatic carbocycles. The van der Waals surface area contributed by atoms with Crippen molar-refractivity contribution in [1.29, 1.82) is 0 Å². The van der Waals surface area contributed by atoms with Crippen molar-refractivity contribution in [1.82, 2.24) is 13.7 Å². The van der Waals surface area contributed by atoms with Gasteiger partial charge in [0.15, 0.2) is 0 Å². The molecular formula is C136H126N6. The predicted molar refractivity (Wildman–Crippen MR) is 608 cm³/mol. The van der Waals surface area contributed by atoms with Crippen molar-refractivity contribution in [3.8, 4) is 17.1 Å². The van der Waals surface area contributed by atoms with E-state index in [1.54, 1.807) is 0 Å². The molecule has 0 saturated carbocycles. The van der Waals surface area contributed by atoms with Gasteiger partial charge in [-0.25, -0.2) is 0 Å². The third-order valence-corrected chi connectivity index (χ3v) is 29.6. The summed E-state index contributed by atoms with van der Waals surface area (Å²) in [4.78, 5) is 7.09. The monoisotopic (exact) mass is 1840 g/mol. The summed E-state index contributed by atoms with van der Waals surface area (Å²) in [5.41, 5.74) is 36.2. The number of hydrogen-bond acceptors (Lipinski definition) is 3. The molecule has 6 heteroatoms. The number of aryl methyl sites for hydroxylation is 2. The molecule has 142 heavy (non-hydrogen) atoms. The minimum Gasteiger partial charge on any atom is -0.310 e. The van der Waals surface area contributed by atoms with Crippen LogP contribution >= 0.6 is 0 Å². The quantitative estimate of drug-likeness (QED) is 0.0760. The Kier molecular flexibility index (Phi) is 25.2. The highest BCUT2D eigenvalue weighted by Gasteiger charge is 2.33. The molecule has 0 aliphatic heterocycles. The van der Waals surface area contributed by atoms with Crippen LogP contribution in [-0.2, 0) is 32.5 Å². The van der Waals surface area contributed by atoms with Crippen molar-refractivity contribution in [2.24, 2.45) is 0 Å².